The Labute approximate surface area is 142 Å². The van der Waals surface area contributed by atoms with Gasteiger partial charge in [-0.3, -0.25) is 4.98 Å². The van der Waals surface area contributed by atoms with Gasteiger partial charge in [-0.1, -0.05) is 0 Å². The molecule has 0 saturated carbocycles. The van der Waals surface area contributed by atoms with Gasteiger partial charge in [-0.05, 0) is 36.8 Å². The Morgan fingerprint density at radius 3 is 2.96 bits per heavy atom. The third-order valence-electron chi connectivity index (χ3n) is 3.81. The van der Waals surface area contributed by atoms with E-state index in [0.29, 0.717) is 11.2 Å². The molecule has 0 aliphatic carbocycles. The molecule has 2 N–H and O–H groups in total. The number of sulfonamides is 1. The summed E-state index contributed by atoms with van der Waals surface area (Å²) in [4.78, 5) is 18.0. The van der Waals surface area contributed by atoms with Gasteiger partial charge in [0.15, 0.2) is 5.58 Å². The predicted molar refractivity (Wildman–Crippen MR) is 90.8 cm³/mol. The maximum atomic E-state index is 12.4. The van der Waals surface area contributed by atoms with Crippen LogP contribution in [0.4, 0.5) is 0 Å². The molecule has 0 bridgehead atoms. The highest BCUT2D eigenvalue weighted by atomic mass is 32.2. The van der Waals surface area contributed by atoms with Gasteiger partial charge in [0.2, 0.25) is 10.0 Å². The first-order chi connectivity index (χ1) is 11.9. The number of aryl methyl sites for hydroxylation is 1. The third kappa shape index (κ3) is 2.94. The van der Waals surface area contributed by atoms with Crippen LogP contribution in [0.25, 0.3) is 16.7 Å². The average molecular weight is 358 g/mol. The van der Waals surface area contributed by atoms with E-state index in [2.05, 4.69) is 14.7 Å². The molecule has 0 spiro atoms. The van der Waals surface area contributed by atoms with E-state index in [0.717, 1.165) is 11.2 Å². The zero-order chi connectivity index (χ0) is 17.6. The van der Waals surface area contributed by atoms with E-state index >= 15 is 0 Å². The van der Waals surface area contributed by atoms with Gasteiger partial charge in [0.05, 0.1) is 22.7 Å². The molecule has 0 aliphatic rings. The number of hydrogen-bond acceptors (Lipinski definition) is 5. The molecule has 3 aromatic heterocycles. The second kappa shape index (κ2) is 5.57. The number of hydrogen-bond donors (Lipinski definition) is 2. The van der Waals surface area contributed by atoms with Crippen LogP contribution in [-0.4, -0.2) is 22.8 Å². The van der Waals surface area contributed by atoms with E-state index in [4.69, 9.17) is 4.42 Å². The molecule has 1 aromatic carbocycles. The molecule has 0 unspecified atom stereocenters. The minimum Gasteiger partial charge on any atom is -0.408 e. The molecule has 0 fully saturated rings. The Morgan fingerprint density at radius 1 is 1.28 bits per heavy atom. The van der Waals surface area contributed by atoms with Crippen LogP contribution in [0.1, 0.15) is 11.3 Å². The van der Waals surface area contributed by atoms with Gasteiger partial charge in [-0.15, -0.1) is 0 Å². The standard InChI is InChI=1S/C16H14N4O4S/c1-10-4-5-20-9-11(18-15(20)6-10)8-17-25(22,23)12-2-3-13-14(7-12)24-16(21)19-13/h2-7,9,17H,8H2,1H3,(H,19,21). The lowest BCUT2D eigenvalue weighted by molar-refractivity contribution is 0.553. The molecule has 0 amide bonds. The van der Waals surface area contributed by atoms with Crippen LogP contribution in [0.3, 0.4) is 0 Å². The predicted octanol–water partition coefficient (Wildman–Crippen LogP) is 1.56. The quantitative estimate of drug-likeness (QED) is 0.575. The molecule has 3 heterocycles. The van der Waals surface area contributed by atoms with Crippen molar-refractivity contribution < 1.29 is 12.8 Å². The lowest BCUT2D eigenvalue weighted by Crippen LogP contribution is -2.23. The van der Waals surface area contributed by atoms with Gasteiger partial charge in [-0.25, -0.2) is 22.9 Å². The zero-order valence-electron chi connectivity index (χ0n) is 13.2. The molecular weight excluding hydrogens is 344 g/mol. The summed E-state index contributed by atoms with van der Waals surface area (Å²) in [5.74, 6) is -0.627. The van der Waals surface area contributed by atoms with Gasteiger partial charge >= 0.3 is 5.76 Å². The Bertz CT molecular complexity index is 1250. The van der Waals surface area contributed by atoms with Crippen molar-refractivity contribution >= 4 is 26.8 Å². The van der Waals surface area contributed by atoms with E-state index in [1.54, 1.807) is 6.20 Å². The number of pyridine rings is 1. The maximum absolute atomic E-state index is 12.4. The Hall–Kier alpha value is -2.91. The van der Waals surface area contributed by atoms with Crippen molar-refractivity contribution in [3.05, 3.63) is 64.5 Å². The number of aromatic nitrogens is 3. The van der Waals surface area contributed by atoms with Gasteiger partial charge < -0.3 is 8.82 Å². The van der Waals surface area contributed by atoms with Gasteiger partial charge in [0.25, 0.3) is 0 Å². The van der Waals surface area contributed by atoms with Crippen LogP contribution in [0.2, 0.25) is 0 Å². The molecule has 0 atom stereocenters. The van der Waals surface area contributed by atoms with Crippen molar-refractivity contribution in [1.82, 2.24) is 19.1 Å². The molecule has 128 valence electrons. The van der Waals surface area contributed by atoms with Crippen LogP contribution in [-0.2, 0) is 16.6 Å². The van der Waals surface area contributed by atoms with Crippen molar-refractivity contribution in [3.8, 4) is 0 Å². The molecule has 4 aromatic rings. The topological polar surface area (TPSA) is 109 Å². The van der Waals surface area contributed by atoms with Gasteiger partial charge in [-0.2, -0.15) is 0 Å². The van der Waals surface area contributed by atoms with Crippen LogP contribution < -0.4 is 10.5 Å². The normalized spacial score (nSPS) is 12.2. The number of rotatable bonds is 4. The van der Waals surface area contributed by atoms with Crippen LogP contribution >= 0.6 is 0 Å². The molecule has 4 rings (SSSR count). The molecular formula is C16H14N4O4S. The molecule has 0 radical (unpaired) electrons. The SMILES string of the molecule is Cc1ccn2cc(CNS(=O)(=O)c3ccc4[nH]c(=O)oc4c3)nc2c1. The van der Waals surface area contributed by atoms with E-state index in [9.17, 15) is 13.2 Å². The first-order valence-corrected chi connectivity index (χ1v) is 8.96. The van der Waals surface area contributed by atoms with Crippen molar-refractivity contribution in [2.75, 3.05) is 0 Å². The van der Waals surface area contributed by atoms with Crippen molar-refractivity contribution in [1.29, 1.82) is 0 Å². The summed E-state index contributed by atoms with van der Waals surface area (Å²) in [6.45, 7) is 2.02. The first kappa shape index (κ1) is 15.6. The van der Waals surface area contributed by atoms with Crippen LogP contribution in [0.15, 0.2) is 56.8 Å². The summed E-state index contributed by atoms with van der Waals surface area (Å²) < 4.78 is 34.1. The minimum atomic E-state index is -3.76. The molecule has 25 heavy (non-hydrogen) atoms. The Kier molecular flexibility index (Phi) is 3.48. The summed E-state index contributed by atoms with van der Waals surface area (Å²) >= 11 is 0. The monoisotopic (exact) mass is 358 g/mol. The lowest BCUT2D eigenvalue weighted by atomic mass is 10.3. The summed E-state index contributed by atoms with van der Waals surface area (Å²) in [7, 11) is -3.76. The fourth-order valence-electron chi connectivity index (χ4n) is 2.57. The fourth-order valence-corrected chi connectivity index (χ4v) is 3.58. The highest BCUT2D eigenvalue weighted by molar-refractivity contribution is 7.89. The number of oxazole rings is 1. The number of aromatic amines is 1. The first-order valence-electron chi connectivity index (χ1n) is 7.47. The summed E-state index contributed by atoms with van der Waals surface area (Å²) in [5.41, 5.74) is 3.07. The number of nitrogens with one attached hydrogen (secondary N) is 2. The summed E-state index contributed by atoms with van der Waals surface area (Å²) in [6, 6.07) is 8.07. The number of nitrogens with zero attached hydrogens (tertiary/aromatic N) is 2. The van der Waals surface area contributed by atoms with Crippen LogP contribution in [0.5, 0.6) is 0 Å². The maximum Gasteiger partial charge on any atom is 0.417 e. The number of benzene rings is 1. The molecule has 8 nitrogen and oxygen atoms in total. The zero-order valence-corrected chi connectivity index (χ0v) is 14.0. The second-order valence-corrected chi connectivity index (χ2v) is 7.47. The van der Waals surface area contributed by atoms with Crippen molar-refractivity contribution in [3.63, 3.8) is 0 Å². The van der Waals surface area contributed by atoms with Crippen molar-refractivity contribution in [2.45, 2.75) is 18.4 Å². The number of imidazole rings is 1. The van der Waals surface area contributed by atoms with Crippen molar-refractivity contribution in [2.24, 2.45) is 0 Å². The van der Waals surface area contributed by atoms with E-state index < -0.39 is 15.8 Å². The summed E-state index contributed by atoms with van der Waals surface area (Å²) in [5, 5.41) is 0. The van der Waals surface area contributed by atoms with E-state index in [1.165, 1.54) is 18.2 Å². The molecule has 9 heteroatoms. The smallest absolute Gasteiger partial charge is 0.408 e. The van der Waals surface area contributed by atoms with E-state index in [1.807, 2.05) is 29.7 Å². The molecule has 0 aliphatic heterocycles. The highest BCUT2D eigenvalue weighted by Gasteiger charge is 2.16. The fraction of sp³-hybridized carbons (Fsp3) is 0.125. The average Bonchev–Trinajstić information content (AvgIpc) is 3.13. The second-order valence-electron chi connectivity index (χ2n) is 5.70. The lowest BCUT2D eigenvalue weighted by Gasteiger charge is -2.04. The Morgan fingerprint density at radius 2 is 2.12 bits per heavy atom. The van der Waals surface area contributed by atoms with Gasteiger partial charge in [0, 0.05) is 18.5 Å². The molecule has 0 saturated heterocycles. The number of H-pyrrole nitrogens is 1. The minimum absolute atomic E-state index is 0.0161. The highest BCUT2D eigenvalue weighted by Crippen LogP contribution is 2.17. The third-order valence-corrected chi connectivity index (χ3v) is 5.21. The van der Waals surface area contributed by atoms with Gasteiger partial charge in [0.1, 0.15) is 5.65 Å². The largest absolute Gasteiger partial charge is 0.417 e. The summed E-state index contributed by atoms with van der Waals surface area (Å²) in [6.07, 6.45) is 3.64. The van der Waals surface area contributed by atoms with Crippen LogP contribution in [0, 0.1) is 6.92 Å². The number of fused-ring (bicyclic) bond motifs is 2. The van der Waals surface area contributed by atoms with E-state index in [-0.39, 0.29) is 17.0 Å². The Balaban J connectivity index is 1.59.